The van der Waals surface area contributed by atoms with Gasteiger partial charge in [0.25, 0.3) is 0 Å². The van der Waals surface area contributed by atoms with Crippen molar-refractivity contribution in [2.75, 3.05) is 7.11 Å². The average molecular weight is 334 g/mol. The van der Waals surface area contributed by atoms with Crippen LogP contribution in [0.2, 0.25) is 0 Å². The van der Waals surface area contributed by atoms with E-state index in [0.29, 0.717) is 6.04 Å². The maximum absolute atomic E-state index is 5.25. The van der Waals surface area contributed by atoms with Crippen LogP contribution in [0.5, 0.6) is 5.75 Å². The minimum Gasteiger partial charge on any atom is -0.496 e. The molecule has 3 heteroatoms. The molecule has 0 saturated heterocycles. The number of hydrogen-bond donors (Lipinski definition) is 1. The van der Waals surface area contributed by atoms with Crippen molar-refractivity contribution in [3.63, 3.8) is 0 Å². The van der Waals surface area contributed by atoms with E-state index in [1.807, 2.05) is 6.07 Å². The third kappa shape index (κ3) is 3.84. The maximum atomic E-state index is 5.25. The molecule has 20 heavy (non-hydrogen) atoms. The average Bonchev–Trinajstić information content (AvgIpc) is 2.46. The van der Waals surface area contributed by atoms with E-state index in [1.54, 1.807) is 7.11 Å². The van der Waals surface area contributed by atoms with Crippen molar-refractivity contribution in [3.8, 4) is 5.75 Å². The van der Waals surface area contributed by atoms with E-state index in [2.05, 4.69) is 71.5 Å². The lowest BCUT2D eigenvalue weighted by Gasteiger charge is -2.16. The summed E-state index contributed by atoms with van der Waals surface area (Å²) in [6.07, 6.45) is 0. The fourth-order valence-corrected chi connectivity index (χ4v) is 2.61. The van der Waals surface area contributed by atoms with Gasteiger partial charge in [0, 0.05) is 12.6 Å². The van der Waals surface area contributed by atoms with E-state index in [0.717, 1.165) is 16.8 Å². The van der Waals surface area contributed by atoms with E-state index in [4.69, 9.17) is 4.74 Å². The Hall–Kier alpha value is -1.32. The second kappa shape index (κ2) is 6.91. The number of ether oxygens (including phenoxy) is 1. The van der Waals surface area contributed by atoms with Gasteiger partial charge >= 0.3 is 0 Å². The van der Waals surface area contributed by atoms with Gasteiger partial charge in [-0.2, -0.15) is 0 Å². The molecule has 0 bridgehead atoms. The molecule has 0 aliphatic rings. The minimum atomic E-state index is 0.290. The summed E-state index contributed by atoms with van der Waals surface area (Å²) in [5, 5.41) is 3.54. The molecule has 0 spiro atoms. The molecular weight excluding hydrogens is 314 g/mol. The first-order valence-corrected chi connectivity index (χ1v) is 7.52. The van der Waals surface area contributed by atoms with E-state index >= 15 is 0 Å². The highest BCUT2D eigenvalue weighted by Crippen LogP contribution is 2.28. The molecule has 1 atom stereocenters. The van der Waals surface area contributed by atoms with Gasteiger partial charge in [-0.05, 0) is 53.0 Å². The molecule has 2 aromatic carbocycles. The first-order valence-electron chi connectivity index (χ1n) is 6.72. The fraction of sp³-hybridized carbons (Fsp3) is 0.294. The van der Waals surface area contributed by atoms with Crippen LogP contribution in [-0.4, -0.2) is 7.11 Å². The Morgan fingerprint density at radius 3 is 2.45 bits per heavy atom. The Morgan fingerprint density at radius 2 is 1.85 bits per heavy atom. The summed E-state index contributed by atoms with van der Waals surface area (Å²) < 4.78 is 6.24. The van der Waals surface area contributed by atoms with Gasteiger partial charge in [-0.3, -0.25) is 0 Å². The minimum absolute atomic E-state index is 0.290. The molecule has 106 valence electrons. The van der Waals surface area contributed by atoms with Crippen molar-refractivity contribution in [3.05, 3.63) is 63.6 Å². The summed E-state index contributed by atoms with van der Waals surface area (Å²) in [5.41, 5.74) is 3.83. The lowest BCUT2D eigenvalue weighted by atomic mass is 10.1. The van der Waals surface area contributed by atoms with Gasteiger partial charge in [-0.1, -0.05) is 35.9 Å². The fourth-order valence-electron chi connectivity index (χ4n) is 2.05. The van der Waals surface area contributed by atoms with E-state index in [1.165, 1.54) is 16.7 Å². The van der Waals surface area contributed by atoms with Gasteiger partial charge in [-0.15, -0.1) is 0 Å². The largest absolute Gasteiger partial charge is 0.496 e. The Balaban J connectivity index is 1.99. The van der Waals surface area contributed by atoms with E-state index in [-0.39, 0.29) is 0 Å². The molecule has 2 rings (SSSR count). The maximum Gasteiger partial charge on any atom is 0.133 e. The lowest BCUT2D eigenvalue weighted by Crippen LogP contribution is -2.18. The van der Waals surface area contributed by atoms with Gasteiger partial charge in [0.15, 0.2) is 0 Å². The van der Waals surface area contributed by atoms with Crippen molar-refractivity contribution < 1.29 is 4.74 Å². The molecule has 0 aliphatic heterocycles. The molecule has 0 fully saturated rings. The topological polar surface area (TPSA) is 21.3 Å². The summed E-state index contributed by atoms with van der Waals surface area (Å²) in [4.78, 5) is 0. The highest BCUT2D eigenvalue weighted by molar-refractivity contribution is 9.10. The van der Waals surface area contributed by atoms with Gasteiger partial charge in [0.05, 0.1) is 11.6 Å². The van der Waals surface area contributed by atoms with Gasteiger partial charge in [-0.25, -0.2) is 0 Å². The smallest absolute Gasteiger partial charge is 0.133 e. The number of nitrogens with one attached hydrogen (secondary N) is 1. The molecule has 2 aromatic rings. The van der Waals surface area contributed by atoms with E-state index in [9.17, 15) is 0 Å². The summed E-state index contributed by atoms with van der Waals surface area (Å²) in [6.45, 7) is 5.14. The quantitative estimate of drug-likeness (QED) is 0.862. The van der Waals surface area contributed by atoms with Crippen molar-refractivity contribution in [2.45, 2.75) is 26.4 Å². The Bertz CT molecular complexity index is 566. The molecule has 1 N–H and O–H groups in total. The summed E-state index contributed by atoms with van der Waals surface area (Å²) in [6, 6.07) is 15.1. The molecule has 2 nitrogen and oxygen atoms in total. The van der Waals surface area contributed by atoms with Gasteiger partial charge in [0.2, 0.25) is 0 Å². The second-order valence-corrected chi connectivity index (χ2v) is 5.84. The van der Waals surface area contributed by atoms with Crippen molar-refractivity contribution >= 4 is 15.9 Å². The number of aryl methyl sites for hydroxylation is 1. The normalized spacial score (nSPS) is 12.2. The molecule has 0 radical (unpaired) electrons. The summed E-state index contributed by atoms with van der Waals surface area (Å²) >= 11 is 3.53. The zero-order valence-electron chi connectivity index (χ0n) is 12.1. The highest BCUT2D eigenvalue weighted by atomic mass is 79.9. The molecule has 0 amide bonds. The van der Waals surface area contributed by atoms with Crippen LogP contribution in [0.3, 0.4) is 0 Å². The number of hydrogen-bond acceptors (Lipinski definition) is 2. The predicted molar refractivity (Wildman–Crippen MR) is 87.1 cm³/mol. The predicted octanol–water partition coefficient (Wildman–Crippen LogP) is 4.62. The number of benzene rings is 2. The van der Waals surface area contributed by atoms with Crippen LogP contribution in [0.4, 0.5) is 0 Å². The first kappa shape index (κ1) is 15.1. The van der Waals surface area contributed by atoms with Gasteiger partial charge in [0.1, 0.15) is 5.75 Å². The number of methoxy groups -OCH3 is 1. The van der Waals surface area contributed by atoms with Crippen LogP contribution in [-0.2, 0) is 6.54 Å². The standard InChI is InChI=1S/C17H20BrNO/c1-12-4-6-14(7-5-12)11-19-13(2)15-8-9-17(20-3)16(18)10-15/h4-10,13,19H,11H2,1-3H3. The van der Waals surface area contributed by atoms with Gasteiger partial charge < -0.3 is 10.1 Å². The summed E-state index contributed by atoms with van der Waals surface area (Å²) in [5.74, 6) is 0.861. The number of halogens is 1. The lowest BCUT2D eigenvalue weighted by molar-refractivity contribution is 0.411. The van der Waals surface area contributed by atoms with Crippen molar-refractivity contribution in [1.29, 1.82) is 0 Å². The summed E-state index contributed by atoms with van der Waals surface area (Å²) in [7, 11) is 1.68. The molecular formula is C17H20BrNO. The molecule has 0 heterocycles. The Kier molecular flexibility index (Phi) is 5.21. The molecule has 0 aliphatic carbocycles. The third-order valence-corrected chi connectivity index (χ3v) is 4.03. The Labute approximate surface area is 129 Å². The molecule has 1 unspecified atom stereocenters. The molecule has 0 aromatic heterocycles. The van der Waals surface area contributed by atoms with Crippen LogP contribution in [0, 0.1) is 6.92 Å². The zero-order valence-corrected chi connectivity index (χ0v) is 13.7. The second-order valence-electron chi connectivity index (χ2n) is 4.98. The highest BCUT2D eigenvalue weighted by Gasteiger charge is 2.08. The van der Waals surface area contributed by atoms with Crippen LogP contribution >= 0.6 is 15.9 Å². The van der Waals surface area contributed by atoms with Crippen LogP contribution in [0.1, 0.15) is 29.7 Å². The Morgan fingerprint density at radius 1 is 1.15 bits per heavy atom. The monoisotopic (exact) mass is 333 g/mol. The number of rotatable bonds is 5. The van der Waals surface area contributed by atoms with Crippen molar-refractivity contribution in [2.24, 2.45) is 0 Å². The van der Waals surface area contributed by atoms with Crippen LogP contribution in [0.25, 0.3) is 0 Å². The van der Waals surface area contributed by atoms with Crippen LogP contribution < -0.4 is 10.1 Å². The van der Waals surface area contributed by atoms with Crippen molar-refractivity contribution in [1.82, 2.24) is 5.32 Å². The molecule has 0 saturated carbocycles. The van der Waals surface area contributed by atoms with Crippen LogP contribution in [0.15, 0.2) is 46.9 Å². The first-order chi connectivity index (χ1) is 9.60. The zero-order chi connectivity index (χ0) is 14.5. The third-order valence-electron chi connectivity index (χ3n) is 3.41. The van der Waals surface area contributed by atoms with E-state index < -0.39 is 0 Å². The SMILES string of the molecule is COc1ccc(C(C)NCc2ccc(C)cc2)cc1Br.